The van der Waals surface area contributed by atoms with Gasteiger partial charge in [-0.3, -0.25) is 0 Å². The zero-order valence-electron chi connectivity index (χ0n) is 11.4. The Balaban J connectivity index is 2.62. The molecule has 1 aromatic rings. The van der Waals surface area contributed by atoms with Crippen LogP contribution in [0.2, 0.25) is 0 Å². The Morgan fingerprint density at radius 3 is 2.67 bits per heavy atom. The van der Waals surface area contributed by atoms with Crippen LogP contribution in [0.4, 0.5) is 5.82 Å². The van der Waals surface area contributed by atoms with Crippen LogP contribution in [0, 0.1) is 0 Å². The van der Waals surface area contributed by atoms with E-state index in [1.807, 2.05) is 6.07 Å². The molecule has 1 rings (SSSR count). The van der Waals surface area contributed by atoms with Gasteiger partial charge >= 0.3 is 5.97 Å². The van der Waals surface area contributed by atoms with Crippen molar-refractivity contribution < 1.29 is 9.53 Å². The Morgan fingerprint density at radius 1 is 1.39 bits per heavy atom. The highest BCUT2D eigenvalue weighted by Gasteiger charge is 2.08. The number of nitrogens with zero attached hydrogens (tertiary/aromatic N) is 1. The standard InChI is InChI=1S/C14H22N2O2/c1-4-7-12(5-2)16-13-9-8-11(10-15-13)14(17)18-6-3/h8-10,12H,4-7H2,1-3H3,(H,15,16). The highest BCUT2D eigenvalue weighted by Crippen LogP contribution is 2.11. The van der Waals surface area contributed by atoms with E-state index in [9.17, 15) is 4.79 Å². The van der Waals surface area contributed by atoms with Gasteiger partial charge in [0.15, 0.2) is 0 Å². The summed E-state index contributed by atoms with van der Waals surface area (Å²) in [6.45, 7) is 6.49. The molecular weight excluding hydrogens is 228 g/mol. The normalized spacial score (nSPS) is 11.9. The Kier molecular flexibility index (Phi) is 6.19. The van der Waals surface area contributed by atoms with Gasteiger partial charge in [-0.15, -0.1) is 0 Å². The minimum Gasteiger partial charge on any atom is -0.462 e. The lowest BCUT2D eigenvalue weighted by Crippen LogP contribution is -2.18. The number of ether oxygens (including phenoxy) is 1. The molecule has 1 N–H and O–H groups in total. The molecule has 0 saturated carbocycles. The van der Waals surface area contributed by atoms with E-state index in [0.29, 0.717) is 18.2 Å². The second kappa shape index (κ2) is 7.69. The maximum Gasteiger partial charge on any atom is 0.339 e. The van der Waals surface area contributed by atoms with Crippen molar-refractivity contribution in [1.82, 2.24) is 4.98 Å². The van der Waals surface area contributed by atoms with Crippen molar-refractivity contribution in [3.05, 3.63) is 23.9 Å². The van der Waals surface area contributed by atoms with E-state index in [2.05, 4.69) is 24.1 Å². The summed E-state index contributed by atoms with van der Waals surface area (Å²) in [7, 11) is 0. The van der Waals surface area contributed by atoms with Crippen molar-refractivity contribution in [3.63, 3.8) is 0 Å². The highest BCUT2D eigenvalue weighted by molar-refractivity contribution is 5.89. The van der Waals surface area contributed by atoms with Crippen LogP contribution in [-0.4, -0.2) is 23.6 Å². The number of carbonyl (C=O) groups excluding carboxylic acids is 1. The third-order valence-corrected chi connectivity index (χ3v) is 2.76. The fourth-order valence-corrected chi connectivity index (χ4v) is 1.75. The van der Waals surface area contributed by atoms with Crippen molar-refractivity contribution in [2.75, 3.05) is 11.9 Å². The molecule has 4 nitrogen and oxygen atoms in total. The number of aromatic nitrogens is 1. The van der Waals surface area contributed by atoms with Crippen LogP contribution in [0.3, 0.4) is 0 Å². The average molecular weight is 250 g/mol. The molecule has 1 unspecified atom stereocenters. The molecule has 4 heteroatoms. The lowest BCUT2D eigenvalue weighted by molar-refractivity contribution is 0.0526. The second-order valence-corrected chi connectivity index (χ2v) is 4.19. The predicted octanol–water partition coefficient (Wildman–Crippen LogP) is 3.25. The van der Waals surface area contributed by atoms with Gasteiger partial charge in [0.05, 0.1) is 12.2 Å². The molecule has 18 heavy (non-hydrogen) atoms. The molecule has 0 radical (unpaired) electrons. The van der Waals surface area contributed by atoms with Crippen LogP contribution in [0.25, 0.3) is 0 Å². The van der Waals surface area contributed by atoms with E-state index in [0.717, 1.165) is 25.1 Å². The molecule has 1 aromatic heterocycles. The summed E-state index contributed by atoms with van der Waals surface area (Å²) in [5.74, 6) is 0.487. The lowest BCUT2D eigenvalue weighted by Gasteiger charge is -2.16. The molecule has 0 aliphatic carbocycles. The van der Waals surface area contributed by atoms with Crippen molar-refractivity contribution >= 4 is 11.8 Å². The maximum atomic E-state index is 11.5. The Labute approximate surface area is 109 Å². The van der Waals surface area contributed by atoms with Gasteiger partial charge in [-0.1, -0.05) is 20.3 Å². The summed E-state index contributed by atoms with van der Waals surface area (Å²) >= 11 is 0. The Hall–Kier alpha value is -1.58. The highest BCUT2D eigenvalue weighted by atomic mass is 16.5. The number of esters is 1. The first-order valence-electron chi connectivity index (χ1n) is 6.60. The summed E-state index contributed by atoms with van der Waals surface area (Å²) in [5.41, 5.74) is 0.492. The van der Waals surface area contributed by atoms with Gasteiger partial charge in [-0.05, 0) is 31.9 Å². The number of anilines is 1. The SMILES string of the molecule is CCCC(CC)Nc1ccc(C(=O)OCC)cn1. The fourth-order valence-electron chi connectivity index (χ4n) is 1.75. The predicted molar refractivity (Wildman–Crippen MR) is 72.8 cm³/mol. The van der Waals surface area contributed by atoms with Crippen LogP contribution in [0.15, 0.2) is 18.3 Å². The van der Waals surface area contributed by atoms with E-state index < -0.39 is 0 Å². The van der Waals surface area contributed by atoms with Crippen molar-refractivity contribution in [2.45, 2.75) is 46.1 Å². The Bertz CT molecular complexity index is 363. The largest absolute Gasteiger partial charge is 0.462 e. The number of rotatable bonds is 7. The van der Waals surface area contributed by atoms with Gasteiger partial charge in [-0.25, -0.2) is 9.78 Å². The topological polar surface area (TPSA) is 51.2 Å². The van der Waals surface area contributed by atoms with Gasteiger partial charge < -0.3 is 10.1 Å². The zero-order valence-corrected chi connectivity index (χ0v) is 11.4. The van der Waals surface area contributed by atoms with E-state index in [4.69, 9.17) is 4.74 Å². The molecule has 100 valence electrons. The first-order valence-corrected chi connectivity index (χ1v) is 6.60. The molecule has 0 aromatic carbocycles. The van der Waals surface area contributed by atoms with Gasteiger partial charge in [-0.2, -0.15) is 0 Å². The van der Waals surface area contributed by atoms with Crippen LogP contribution < -0.4 is 5.32 Å². The molecule has 1 atom stereocenters. The fraction of sp³-hybridized carbons (Fsp3) is 0.571. The first-order chi connectivity index (χ1) is 8.71. The first kappa shape index (κ1) is 14.5. The van der Waals surface area contributed by atoms with Crippen molar-refractivity contribution in [2.24, 2.45) is 0 Å². The average Bonchev–Trinajstić information content (AvgIpc) is 2.39. The molecule has 0 spiro atoms. The molecule has 0 aliphatic rings. The monoisotopic (exact) mass is 250 g/mol. The molecule has 1 heterocycles. The number of pyridine rings is 1. The number of hydrogen-bond acceptors (Lipinski definition) is 4. The van der Waals surface area contributed by atoms with Crippen molar-refractivity contribution in [1.29, 1.82) is 0 Å². The molecule has 0 bridgehead atoms. The van der Waals surface area contributed by atoms with Crippen LogP contribution in [0.1, 0.15) is 50.4 Å². The number of hydrogen-bond donors (Lipinski definition) is 1. The maximum absolute atomic E-state index is 11.5. The van der Waals surface area contributed by atoms with E-state index in [1.165, 1.54) is 0 Å². The summed E-state index contributed by atoms with van der Waals surface area (Å²) in [4.78, 5) is 15.7. The summed E-state index contributed by atoms with van der Waals surface area (Å²) in [6, 6.07) is 4.01. The molecule has 0 fully saturated rings. The second-order valence-electron chi connectivity index (χ2n) is 4.19. The third kappa shape index (κ3) is 4.35. The number of carbonyl (C=O) groups is 1. The molecule has 0 aliphatic heterocycles. The van der Waals surface area contributed by atoms with E-state index in [-0.39, 0.29) is 5.97 Å². The molecular formula is C14H22N2O2. The van der Waals surface area contributed by atoms with Crippen LogP contribution in [0.5, 0.6) is 0 Å². The minimum absolute atomic E-state index is 0.322. The number of nitrogens with one attached hydrogen (secondary N) is 1. The van der Waals surface area contributed by atoms with Gasteiger partial charge in [0, 0.05) is 12.2 Å². The summed E-state index contributed by atoms with van der Waals surface area (Å²) < 4.78 is 4.91. The van der Waals surface area contributed by atoms with E-state index in [1.54, 1.807) is 19.2 Å². The lowest BCUT2D eigenvalue weighted by atomic mass is 10.1. The van der Waals surface area contributed by atoms with Crippen molar-refractivity contribution in [3.8, 4) is 0 Å². The van der Waals surface area contributed by atoms with Gasteiger partial charge in [0.25, 0.3) is 0 Å². The third-order valence-electron chi connectivity index (χ3n) is 2.76. The van der Waals surface area contributed by atoms with E-state index >= 15 is 0 Å². The minimum atomic E-state index is -0.322. The summed E-state index contributed by atoms with van der Waals surface area (Å²) in [5, 5.41) is 3.36. The van der Waals surface area contributed by atoms with Gasteiger partial charge in [0.1, 0.15) is 5.82 Å². The molecule has 0 amide bonds. The zero-order chi connectivity index (χ0) is 13.4. The van der Waals surface area contributed by atoms with Gasteiger partial charge in [0.2, 0.25) is 0 Å². The van der Waals surface area contributed by atoms with Crippen LogP contribution in [-0.2, 0) is 4.74 Å². The quantitative estimate of drug-likeness (QED) is 0.755. The summed E-state index contributed by atoms with van der Waals surface area (Å²) in [6.07, 6.45) is 4.89. The Morgan fingerprint density at radius 2 is 2.17 bits per heavy atom. The van der Waals surface area contributed by atoms with Crippen LogP contribution >= 0.6 is 0 Å². The smallest absolute Gasteiger partial charge is 0.339 e. The molecule has 0 saturated heterocycles.